The van der Waals surface area contributed by atoms with Crippen LogP contribution in [0, 0.1) is 17.2 Å². The lowest BCUT2D eigenvalue weighted by Gasteiger charge is -2.39. The third kappa shape index (κ3) is 3.19. The molecule has 0 radical (unpaired) electrons. The molecule has 0 aromatic heterocycles. The Morgan fingerprint density at radius 3 is 2.87 bits per heavy atom. The number of nitriles is 1. The largest absolute Gasteiger partial charge is 0.380 e. The Balaban J connectivity index is 2.52. The van der Waals surface area contributed by atoms with Crippen LogP contribution in [0.25, 0.3) is 0 Å². The van der Waals surface area contributed by atoms with Gasteiger partial charge in [-0.2, -0.15) is 5.26 Å². The van der Waals surface area contributed by atoms with Gasteiger partial charge in [0.2, 0.25) is 0 Å². The Morgan fingerprint density at radius 2 is 2.33 bits per heavy atom. The lowest BCUT2D eigenvalue weighted by Crippen LogP contribution is -2.48. The Bertz CT molecular complexity index is 224. The van der Waals surface area contributed by atoms with Gasteiger partial charge in [-0.1, -0.05) is 13.8 Å². The van der Waals surface area contributed by atoms with E-state index in [9.17, 15) is 0 Å². The normalized spacial score (nSPS) is 29.7. The van der Waals surface area contributed by atoms with Crippen LogP contribution in [0.5, 0.6) is 0 Å². The number of nitrogens with zero attached hydrogens (tertiary/aromatic N) is 2. The molecule has 0 spiro atoms. The molecule has 0 N–H and O–H groups in total. The SMILES string of the molecule is CCC(CC#N)N1CCC(C)C(OC)C1. The molecule has 15 heavy (non-hydrogen) atoms. The number of ether oxygens (including phenoxy) is 1. The van der Waals surface area contributed by atoms with Crippen molar-refractivity contribution in [2.24, 2.45) is 5.92 Å². The molecule has 1 rings (SSSR count). The van der Waals surface area contributed by atoms with Gasteiger partial charge in [-0.25, -0.2) is 0 Å². The average molecular weight is 210 g/mol. The molecule has 1 saturated heterocycles. The molecular weight excluding hydrogens is 188 g/mol. The Labute approximate surface area is 93.0 Å². The molecule has 3 atom stereocenters. The zero-order chi connectivity index (χ0) is 11.3. The molecule has 3 heteroatoms. The number of hydrogen-bond donors (Lipinski definition) is 0. The van der Waals surface area contributed by atoms with Gasteiger partial charge in [0.05, 0.1) is 18.6 Å². The highest BCUT2D eigenvalue weighted by atomic mass is 16.5. The number of methoxy groups -OCH3 is 1. The van der Waals surface area contributed by atoms with Gasteiger partial charge in [0.1, 0.15) is 0 Å². The summed E-state index contributed by atoms with van der Waals surface area (Å²) in [6, 6.07) is 2.69. The summed E-state index contributed by atoms with van der Waals surface area (Å²) in [6.45, 7) is 6.50. The van der Waals surface area contributed by atoms with Crippen LogP contribution in [0.4, 0.5) is 0 Å². The Kier molecular flexibility index (Phi) is 5.07. The van der Waals surface area contributed by atoms with Gasteiger partial charge in [-0.15, -0.1) is 0 Å². The molecular formula is C12H22N2O. The molecule has 1 fully saturated rings. The zero-order valence-corrected chi connectivity index (χ0v) is 10.1. The van der Waals surface area contributed by atoms with Gasteiger partial charge < -0.3 is 4.74 Å². The molecule has 0 aromatic carbocycles. The van der Waals surface area contributed by atoms with E-state index in [1.165, 1.54) is 6.42 Å². The summed E-state index contributed by atoms with van der Waals surface area (Å²) < 4.78 is 5.48. The first kappa shape index (κ1) is 12.5. The van der Waals surface area contributed by atoms with Crippen molar-refractivity contribution >= 4 is 0 Å². The van der Waals surface area contributed by atoms with E-state index in [1.54, 1.807) is 7.11 Å². The summed E-state index contributed by atoms with van der Waals surface area (Å²) >= 11 is 0. The van der Waals surface area contributed by atoms with E-state index < -0.39 is 0 Å². The second-order valence-electron chi connectivity index (χ2n) is 4.46. The van der Waals surface area contributed by atoms with E-state index >= 15 is 0 Å². The highest BCUT2D eigenvalue weighted by molar-refractivity contribution is 4.87. The maximum absolute atomic E-state index is 8.77. The fraction of sp³-hybridized carbons (Fsp3) is 0.917. The van der Waals surface area contributed by atoms with E-state index in [0.29, 0.717) is 24.5 Å². The van der Waals surface area contributed by atoms with E-state index in [0.717, 1.165) is 19.5 Å². The summed E-state index contributed by atoms with van der Waals surface area (Å²) in [5, 5.41) is 8.77. The third-order valence-electron chi connectivity index (χ3n) is 3.54. The first-order valence-corrected chi connectivity index (χ1v) is 5.86. The predicted octanol–water partition coefficient (Wildman–Crippen LogP) is 2.04. The van der Waals surface area contributed by atoms with Crippen LogP contribution >= 0.6 is 0 Å². The van der Waals surface area contributed by atoms with E-state index in [2.05, 4.69) is 24.8 Å². The quantitative estimate of drug-likeness (QED) is 0.712. The van der Waals surface area contributed by atoms with Crippen molar-refractivity contribution in [2.45, 2.75) is 45.3 Å². The van der Waals surface area contributed by atoms with Gasteiger partial charge >= 0.3 is 0 Å². The topological polar surface area (TPSA) is 36.3 Å². The standard InChI is InChI=1S/C12H22N2O/c1-4-11(5-7-13)14-8-6-10(2)12(9-14)15-3/h10-12H,4-6,8-9H2,1-3H3. The first-order chi connectivity index (χ1) is 7.22. The fourth-order valence-electron chi connectivity index (χ4n) is 2.33. The molecule has 3 unspecified atom stereocenters. The number of rotatable bonds is 4. The van der Waals surface area contributed by atoms with Crippen LogP contribution in [-0.4, -0.2) is 37.2 Å². The molecule has 0 aromatic rings. The monoisotopic (exact) mass is 210 g/mol. The lowest BCUT2D eigenvalue weighted by molar-refractivity contribution is -0.0189. The fourth-order valence-corrected chi connectivity index (χ4v) is 2.33. The van der Waals surface area contributed by atoms with Crippen LogP contribution in [0.1, 0.15) is 33.1 Å². The maximum atomic E-state index is 8.77. The average Bonchev–Trinajstić information content (AvgIpc) is 2.27. The first-order valence-electron chi connectivity index (χ1n) is 5.86. The van der Waals surface area contributed by atoms with Crippen molar-refractivity contribution in [1.29, 1.82) is 5.26 Å². The summed E-state index contributed by atoms with van der Waals surface area (Å²) in [5.74, 6) is 0.644. The van der Waals surface area contributed by atoms with E-state index in [1.807, 2.05) is 0 Å². The van der Waals surface area contributed by atoms with Crippen molar-refractivity contribution in [3.63, 3.8) is 0 Å². The maximum Gasteiger partial charge on any atom is 0.0724 e. The van der Waals surface area contributed by atoms with Crippen molar-refractivity contribution < 1.29 is 4.74 Å². The molecule has 86 valence electrons. The second-order valence-corrected chi connectivity index (χ2v) is 4.46. The van der Waals surface area contributed by atoms with Crippen LogP contribution in [0.3, 0.4) is 0 Å². The Morgan fingerprint density at radius 1 is 1.60 bits per heavy atom. The van der Waals surface area contributed by atoms with Crippen molar-refractivity contribution in [3.05, 3.63) is 0 Å². The van der Waals surface area contributed by atoms with E-state index in [4.69, 9.17) is 10.00 Å². The molecule has 1 aliphatic heterocycles. The summed E-state index contributed by atoms with van der Waals surface area (Å²) in [5.41, 5.74) is 0. The molecule has 1 heterocycles. The highest BCUT2D eigenvalue weighted by Gasteiger charge is 2.29. The molecule has 0 amide bonds. The summed E-state index contributed by atoms with van der Waals surface area (Å²) in [4.78, 5) is 2.41. The van der Waals surface area contributed by atoms with Crippen LogP contribution in [-0.2, 0) is 4.74 Å². The molecule has 1 aliphatic rings. The molecule has 0 aliphatic carbocycles. The lowest BCUT2D eigenvalue weighted by atomic mass is 9.94. The summed E-state index contributed by atoms with van der Waals surface area (Å²) in [7, 11) is 1.79. The van der Waals surface area contributed by atoms with Crippen LogP contribution < -0.4 is 0 Å². The summed E-state index contributed by atoms with van der Waals surface area (Å²) in [6.07, 6.45) is 3.21. The van der Waals surface area contributed by atoms with Crippen LogP contribution in [0.15, 0.2) is 0 Å². The predicted molar refractivity (Wildman–Crippen MR) is 60.5 cm³/mol. The third-order valence-corrected chi connectivity index (χ3v) is 3.54. The van der Waals surface area contributed by atoms with Crippen molar-refractivity contribution in [1.82, 2.24) is 4.90 Å². The van der Waals surface area contributed by atoms with Crippen molar-refractivity contribution in [2.75, 3.05) is 20.2 Å². The minimum atomic E-state index is 0.339. The van der Waals surface area contributed by atoms with Gasteiger partial charge in [0.15, 0.2) is 0 Å². The molecule has 0 bridgehead atoms. The number of hydrogen-bond acceptors (Lipinski definition) is 3. The van der Waals surface area contributed by atoms with Crippen molar-refractivity contribution in [3.8, 4) is 6.07 Å². The zero-order valence-electron chi connectivity index (χ0n) is 10.1. The van der Waals surface area contributed by atoms with Gasteiger partial charge in [-0.05, 0) is 25.3 Å². The number of piperidine rings is 1. The van der Waals surface area contributed by atoms with Crippen LogP contribution in [0.2, 0.25) is 0 Å². The Hall–Kier alpha value is -0.590. The smallest absolute Gasteiger partial charge is 0.0724 e. The second kappa shape index (κ2) is 6.09. The van der Waals surface area contributed by atoms with Gasteiger partial charge in [0.25, 0.3) is 0 Å². The van der Waals surface area contributed by atoms with Gasteiger partial charge in [-0.3, -0.25) is 4.90 Å². The minimum absolute atomic E-state index is 0.339. The van der Waals surface area contributed by atoms with Gasteiger partial charge in [0, 0.05) is 19.7 Å². The van der Waals surface area contributed by atoms with E-state index in [-0.39, 0.29) is 0 Å². The molecule has 3 nitrogen and oxygen atoms in total. The minimum Gasteiger partial charge on any atom is -0.380 e. The molecule has 0 saturated carbocycles. The highest BCUT2D eigenvalue weighted by Crippen LogP contribution is 2.22. The number of likely N-dealkylation sites (tertiary alicyclic amines) is 1.